The fraction of sp³-hybridized carbons (Fsp3) is 0.333. The molecule has 3 heterocycles. The third kappa shape index (κ3) is 6.60. The number of pyridine rings is 1. The molecule has 0 spiro atoms. The number of amides is 5. The lowest BCUT2D eigenvalue weighted by Crippen LogP contribution is -2.61. The van der Waals surface area contributed by atoms with Crippen LogP contribution in [0.2, 0.25) is 5.02 Å². The van der Waals surface area contributed by atoms with Gasteiger partial charge in [0.1, 0.15) is 12.4 Å². The minimum atomic E-state index is -0.925. The molecule has 12 nitrogen and oxygen atoms in total. The fourth-order valence-corrected chi connectivity index (χ4v) is 4.20. The molecule has 194 valence electrons. The zero-order valence-electron chi connectivity index (χ0n) is 19.7. The molecule has 37 heavy (non-hydrogen) atoms. The summed E-state index contributed by atoms with van der Waals surface area (Å²) in [5, 5.41) is 8.25. The van der Waals surface area contributed by atoms with Crippen LogP contribution < -0.4 is 20.9 Å². The average Bonchev–Trinajstić information content (AvgIpc) is 2.91. The van der Waals surface area contributed by atoms with Crippen LogP contribution in [-0.2, 0) is 23.9 Å². The Kier molecular flexibility index (Phi) is 8.31. The molecule has 5 amide bonds. The number of carbonyl (C=O) groups excluding carboxylic acids is 5. The molecular weight excluding hydrogens is 504 g/mol. The van der Waals surface area contributed by atoms with Gasteiger partial charge in [-0.25, -0.2) is 4.98 Å². The van der Waals surface area contributed by atoms with Crippen molar-refractivity contribution in [3.63, 3.8) is 0 Å². The van der Waals surface area contributed by atoms with Gasteiger partial charge in [0.15, 0.2) is 0 Å². The number of piperidine rings is 1. The first-order chi connectivity index (χ1) is 17.8. The number of rotatable bonds is 6. The SMILES string of the molecule is O=CN1CC[C@H](NC(=O)C(=O)Nc2ccc(Cl)cn2)[C@H](NC(=O)c2ccc(N3CCOCC3=O)cc2)C1. The second-order valence-corrected chi connectivity index (χ2v) is 8.95. The van der Waals surface area contributed by atoms with E-state index in [1.807, 2.05) is 0 Å². The van der Waals surface area contributed by atoms with Crippen LogP contribution in [0.1, 0.15) is 16.8 Å². The molecule has 0 unspecified atom stereocenters. The van der Waals surface area contributed by atoms with Gasteiger partial charge < -0.3 is 30.5 Å². The Balaban J connectivity index is 1.39. The smallest absolute Gasteiger partial charge is 0.314 e. The molecule has 13 heteroatoms. The van der Waals surface area contributed by atoms with Gasteiger partial charge in [-0.3, -0.25) is 24.0 Å². The predicted molar refractivity (Wildman–Crippen MR) is 133 cm³/mol. The Labute approximate surface area is 217 Å². The van der Waals surface area contributed by atoms with Crippen LogP contribution in [0.4, 0.5) is 11.5 Å². The lowest BCUT2D eigenvalue weighted by atomic mass is 9.98. The van der Waals surface area contributed by atoms with E-state index in [1.54, 1.807) is 29.2 Å². The molecule has 2 atom stereocenters. The van der Waals surface area contributed by atoms with Crippen molar-refractivity contribution in [3.05, 3.63) is 53.2 Å². The van der Waals surface area contributed by atoms with Crippen molar-refractivity contribution in [2.24, 2.45) is 0 Å². The molecule has 2 aliphatic rings. The first kappa shape index (κ1) is 26.0. The van der Waals surface area contributed by atoms with Gasteiger partial charge in [-0.15, -0.1) is 0 Å². The van der Waals surface area contributed by atoms with Gasteiger partial charge in [0.25, 0.3) is 11.8 Å². The van der Waals surface area contributed by atoms with Crippen molar-refractivity contribution in [2.75, 3.05) is 43.1 Å². The molecule has 2 aliphatic heterocycles. The molecule has 0 bridgehead atoms. The fourth-order valence-electron chi connectivity index (χ4n) is 4.08. The Morgan fingerprint density at radius 3 is 2.49 bits per heavy atom. The van der Waals surface area contributed by atoms with Gasteiger partial charge >= 0.3 is 11.8 Å². The number of anilines is 2. The highest BCUT2D eigenvalue weighted by molar-refractivity contribution is 6.39. The van der Waals surface area contributed by atoms with Gasteiger partial charge in [-0.1, -0.05) is 11.6 Å². The number of aromatic nitrogens is 1. The number of morpholine rings is 1. The molecule has 4 rings (SSSR count). The van der Waals surface area contributed by atoms with E-state index in [0.717, 1.165) is 0 Å². The Morgan fingerprint density at radius 2 is 1.81 bits per heavy atom. The van der Waals surface area contributed by atoms with Crippen molar-refractivity contribution >= 4 is 53.1 Å². The van der Waals surface area contributed by atoms with E-state index in [9.17, 15) is 24.0 Å². The molecule has 2 saturated heterocycles. The first-order valence-electron chi connectivity index (χ1n) is 11.6. The normalized spacial score (nSPS) is 19.6. The van der Waals surface area contributed by atoms with Crippen LogP contribution in [-0.4, -0.2) is 84.9 Å². The summed E-state index contributed by atoms with van der Waals surface area (Å²) < 4.78 is 5.14. The van der Waals surface area contributed by atoms with Crippen LogP contribution in [0.3, 0.4) is 0 Å². The first-order valence-corrected chi connectivity index (χ1v) is 11.9. The molecule has 0 radical (unpaired) electrons. The van der Waals surface area contributed by atoms with Crippen molar-refractivity contribution in [3.8, 4) is 0 Å². The Morgan fingerprint density at radius 1 is 1.03 bits per heavy atom. The summed E-state index contributed by atoms with van der Waals surface area (Å²) in [6.07, 6.45) is 2.34. The summed E-state index contributed by atoms with van der Waals surface area (Å²) in [4.78, 5) is 68.2. The molecule has 2 aromatic rings. The molecule has 1 aromatic heterocycles. The van der Waals surface area contributed by atoms with Crippen molar-refractivity contribution in [1.29, 1.82) is 0 Å². The van der Waals surface area contributed by atoms with E-state index in [4.69, 9.17) is 16.3 Å². The number of ether oxygens (including phenoxy) is 1. The van der Waals surface area contributed by atoms with Gasteiger partial charge in [0.2, 0.25) is 6.41 Å². The highest BCUT2D eigenvalue weighted by Crippen LogP contribution is 2.18. The molecule has 0 aliphatic carbocycles. The largest absolute Gasteiger partial charge is 0.370 e. The average molecular weight is 529 g/mol. The number of benzene rings is 1. The van der Waals surface area contributed by atoms with Gasteiger partial charge in [-0.2, -0.15) is 0 Å². The van der Waals surface area contributed by atoms with E-state index in [2.05, 4.69) is 20.9 Å². The van der Waals surface area contributed by atoms with E-state index < -0.39 is 29.8 Å². The predicted octanol–water partition coefficient (Wildman–Crippen LogP) is 0.182. The van der Waals surface area contributed by atoms with Crippen molar-refractivity contribution < 1.29 is 28.7 Å². The maximum atomic E-state index is 13.0. The molecule has 2 fully saturated rings. The standard InChI is InChI=1S/C24H25ClN6O6/c25-16-3-6-20(26-11-16)29-24(36)23(35)27-18-7-8-30(14-32)12-19(18)28-22(34)15-1-4-17(5-2-15)31-9-10-37-13-21(31)33/h1-6,11,14,18-19H,7-10,12-13H2,(H,27,35)(H,28,34)(H,26,29,36)/t18-,19+/m0/s1. The zero-order valence-corrected chi connectivity index (χ0v) is 20.4. The number of likely N-dealkylation sites (tertiary alicyclic amines) is 1. The van der Waals surface area contributed by atoms with Crippen LogP contribution >= 0.6 is 11.6 Å². The molecule has 0 saturated carbocycles. The van der Waals surface area contributed by atoms with Crippen LogP contribution in [0, 0.1) is 0 Å². The van der Waals surface area contributed by atoms with E-state index in [1.165, 1.54) is 23.2 Å². The highest BCUT2D eigenvalue weighted by atomic mass is 35.5. The van der Waals surface area contributed by atoms with Gasteiger partial charge in [-0.05, 0) is 42.8 Å². The van der Waals surface area contributed by atoms with E-state index in [-0.39, 0.29) is 24.9 Å². The maximum absolute atomic E-state index is 13.0. The lowest BCUT2D eigenvalue weighted by Gasteiger charge is -2.37. The number of hydrogen-bond acceptors (Lipinski definition) is 7. The minimum absolute atomic E-state index is 0.0124. The second kappa shape index (κ2) is 11.8. The zero-order chi connectivity index (χ0) is 26.4. The number of carbonyl (C=O) groups is 5. The van der Waals surface area contributed by atoms with Crippen LogP contribution in [0.25, 0.3) is 0 Å². The van der Waals surface area contributed by atoms with Crippen LogP contribution in [0.15, 0.2) is 42.6 Å². The second-order valence-electron chi connectivity index (χ2n) is 8.51. The van der Waals surface area contributed by atoms with Gasteiger partial charge in [0.05, 0.1) is 23.7 Å². The van der Waals surface area contributed by atoms with Gasteiger partial charge in [0, 0.05) is 37.1 Å². The molecule has 3 N–H and O–H groups in total. The number of hydrogen-bond donors (Lipinski definition) is 3. The van der Waals surface area contributed by atoms with Crippen LogP contribution in [0.5, 0.6) is 0 Å². The number of nitrogens with one attached hydrogen (secondary N) is 3. The topological polar surface area (TPSA) is 150 Å². The van der Waals surface area contributed by atoms with E-state index >= 15 is 0 Å². The number of nitrogens with zero attached hydrogens (tertiary/aromatic N) is 3. The minimum Gasteiger partial charge on any atom is -0.370 e. The summed E-state index contributed by atoms with van der Waals surface area (Å²) in [5.74, 6) is -2.25. The summed E-state index contributed by atoms with van der Waals surface area (Å²) in [7, 11) is 0. The lowest BCUT2D eigenvalue weighted by molar-refractivity contribution is -0.137. The molecular formula is C24H25ClN6O6. The number of halogens is 1. The Hall–Kier alpha value is -4.03. The van der Waals surface area contributed by atoms with Crippen molar-refractivity contribution in [1.82, 2.24) is 20.5 Å². The quantitative estimate of drug-likeness (QED) is 0.357. The third-order valence-corrected chi connectivity index (χ3v) is 6.25. The highest BCUT2D eigenvalue weighted by Gasteiger charge is 2.33. The van der Waals surface area contributed by atoms with Crippen molar-refractivity contribution in [2.45, 2.75) is 18.5 Å². The summed E-state index contributed by atoms with van der Waals surface area (Å²) in [6, 6.07) is 8.27. The maximum Gasteiger partial charge on any atom is 0.314 e. The summed E-state index contributed by atoms with van der Waals surface area (Å²) >= 11 is 5.78. The third-order valence-electron chi connectivity index (χ3n) is 6.03. The van der Waals surface area contributed by atoms with E-state index in [0.29, 0.717) is 48.8 Å². The summed E-state index contributed by atoms with van der Waals surface area (Å²) in [5.41, 5.74) is 0.991. The summed E-state index contributed by atoms with van der Waals surface area (Å²) in [6.45, 7) is 1.38. The Bertz CT molecular complexity index is 1180. The monoisotopic (exact) mass is 528 g/mol. The molecule has 1 aromatic carbocycles.